The van der Waals surface area contributed by atoms with Gasteiger partial charge in [-0.2, -0.15) is 0 Å². The highest BCUT2D eigenvalue weighted by Gasteiger charge is 2.27. The fraction of sp³-hybridized carbons (Fsp3) is 0.636. The largest absolute Gasteiger partial charge is 0.381 e. The Hall–Kier alpha value is -1.39. The molecular weight excluding hydrogens is 495 g/mol. The third-order valence-corrected chi connectivity index (χ3v) is 4.92. The summed E-state index contributed by atoms with van der Waals surface area (Å²) >= 11 is 0. The molecule has 0 radical (unpaired) electrons. The lowest BCUT2D eigenvalue weighted by Crippen LogP contribution is -2.47. The number of hydrogen-bond donors (Lipinski definition) is 2. The summed E-state index contributed by atoms with van der Waals surface area (Å²) in [5.41, 5.74) is 1.01. The predicted molar refractivity (Wildman–Crippen MR) is 132 cm³/mol. The summed E-state index contributed by atoms with van der Waals surface area (Å²) in [6.07, 6.45) is 3.18. The minimum atomic E-state index is -0.259. The van der Waals surface area contributed by atoms with Crippen LogP contribution in [0, 0.1) is 0 Å². The van der Waals surface area contributed by atoms with Crippen LogP contribution in [0.25, 0.3) is 0 Å². The molecule has 0 bridgehead atoms. The van der Waals surface area contributed by atoms with E-state index in [9.17, 15) is 4.79 Å². The van der Waals surface area contributed by atoms with E-state index in [1.807, 2.05) is 35.2 Å². The Bertz CT molecular complexity index is 610. The molecule has 30 heavy (non-hydrogen) atoms. The summed E-state index contributed by atoms with van der Waals surface area (Å²) in [7, 11) is 1.74. The van der Waals surface area contributed by atoms with Gasteiger partial charge in [0.1, 0.15) is 0 Å². The number of aliphatic imine (C=N–C) groups is 1. The average molecular weight is 532 g/mol. The van der Waals surface area contributed by atoms with Crippen molar-refractivity contribution < 1.29 is 14.3 Å². The van der Waals surface area contributed by atoms with Crippen LogP contribution in [-0.4, -0.2) is 76.4 Å². The fourth-order valence-electron chi connectivity index (χ4n) is 3.19. The molecule has 0 aliphatic carbocycles. The van der Waals surface area contributed by atoms with Gasteiger partial charge >= 0.3 is 0 Å². The Morgan fingerprint density at radius 3 is 2.53 bits per heavy atom. The fourth-order valence-corrected chi connectivity index (χ4v) is 3.19. The van der Waals surface area contributed by atoms with Crippen molar-refractivity contribution in [3.8, 4) is 0 Å². The Morgan fingerprint density at radius 1 is 1.17 bits per heavy atom. The monoisotopic (exact) mass is 532 g/mol. The van der Waals surface area contributed by atoms with Crippen LogP contribution >= 0.6 is 24.0 Å². The highest BCUT2D eigenvalue weighted by molar-refractivity contribution is 14.0. The molecule has 1 unspecified atom stereocenters. The van der Waals surface area contributed by atoms with Crippen LogP contribution in [0.3, 0.4) is 0 Å². The van der Waals surface area contributed by atoms with E-state index < -0.39 is 0 Å². The summed E-state index contributed by atoms with van der Waals surface area (Å²) in [6, 6.07) is 9.93. The standard InChI is InChI=1S/C22H36N4O3.HI/c1-3-4-14-28-15-8-11-24-22(23-2)25-18-20(19-9-6-5-7-10-19)21(27)26-12-16-29-17-13-26;/h5-7,9-10,20H,3-4,8,11-18H2,1-2H3,(H2,23,24,25);1H. The van der Waals surface area contributed by atoms with Gasteiger partial charge in [-0.15, -0.1) is 24.0 Å². The summed E-state index contributed by atoms with van der Waals surface area (Å²) in [4.78, 5) is 19.3. The molecule has 1 aliphatic heterocycles. The lowest BCUT2D eigenvalue weighted by Gasteiger charge is -2.31. The van der Waals surface area contributed by atoms with Crippen molar-refractivity contribution in [1.29, 1.82) is 0 Å². The number of halogens is 1. The third-order valence-electron chi connectivity index (χ3n) is 4.92. The first kappa shape index (κ1) is 26.6. The van der Waals surface area contributed by atoms with Crippen molar-refractivity contribution in [2.24, 2.45) is 4.99 Å². The van der Waals surface area contributed by atoms with E-state index in [2.05, 4.69) is 22.5 Å². The molecule has 8 heteroatoms. The number of guanidine groups is 1. The smallest absolute Gasteiger partial charge is 0.232 e. The molecule has 1 saturated heterocycles. The van der Waals surface area contributed by atoms with E-state index in [-0.39, 0.29) is 35.8 Å². The van der Waals surface area contributed by atoms with E-state index in [1.54, 1.807) is 7.05 Å². The Kier molecular flexibility index (Phi) is 14.5. The van der Waals surface area contributed by atoms with Gasteiger partial charge in [-0.25, -0.2) is 0 Å². The normalized spacial score (nSPS) is 15.3. The molecule has 0 saturated carbocycles. The molecule has 1 heterocycles. The van der Waals surface area contributed by atoms with Crippen LogP contribution in [0.5, 0.6) is 0 Å². The highest BCUT2D eigenvalue weighted by atomic mass is 127. The molecule has 7 nitrogen and oxygen atoms in total. The maximum absolute atomic E-state index is 13.1. The van der Waals surface area contributed by atoms with Crippen molar-refractivity contribution in [3.05, 3.63) is 35.9 Å². The zero-order valence-electron chi connectivity index (χ0n) is 18.3. The summed E-state index contributed by atoms with van der Waals surface area (Å²) < 4.78 is 11.0. The second-order valence-corrected chi connectivity index (χ2v) is 7.10. The van der Waals surface area contributed by atoms with Gasteiger partial charge in [0.25, 0.3) is 0 Å². The van der Waals surface area contributed by atoms with Crippen molar-refractivity contribution in [2.45, 2.75) is 32.1 Å². The number of amides is 1. The molecule has 1 amide bonds. The molecule has 1 aliphatic rings. The molecule has 170 valence electrons. The van der Waals surface area contributed by atoms with E-state index >= 15 is 0 Å². The minimum Gasteiger partial charge on any atom is -0.381 e. The SMILES string of the molecule is CCCCOCCCNC(=NC)NCC(C(=O)N1CCOCC1)c1ccccc1.I. The second kappa shape index (κ2) is 16.3. The molecular formula is C22H37IN4O3. The molecule has 1 aromatic carbocycles. The van der Waals surface area contributed by atoms with Crippen LogP contribution < -0.4 is 10.6 Å². The van der Waals surface area contributed by atoms with Crippen LogP contribution in [0.2, 0.25) is 0 Å². The summed E-state index contributed by atoms with van der Waals surface area (Å²) in [5, 5.41) is 6.62. The van der Waals surface area contributed by atoms with Crippen molar-refractivity contribution >= 4 is 35.8 Å². The molecule has 0 spiro atoms. The number of carbonyl (C=O) groups excluding carboxylic acids is 1. The van der Waals surface area contributed by atoms with Crippen LogP contribution in [0.4, 0.5) is 0 Å². The lowest BCUT2D eigenvalue weighted by molar-refractivity contribution is -0.136. The average Bonchev–Trinajstić information content (AvgIpc) is 2.78. The number of benzene rings is 1. The molecule has 2 N–H and O–H groups in total. The zero-order valence-corrected chi connectivity index (χ0v) is 20.6. The van der Waals surface area contributed by atoms with Gasteiger partial charge in [0.2, 0.25) is 5.91 Å². The number of rotatable bonds is 11. The number of morpholine rings is 1. The van der Waals surface area contributed by atoms with Gasteiger partial charge in [-0.3, -0.25) is 9.79 Å². The van der Waals surface area contributed by atoms with Gasteiger partial charge in [0.05, 0.1) is 19.1 Å². The van der Waals surface area contributed by atoms with Gasteiger partial charge in [-0.1, -0.05) is 43.7 Å². The van der Waals surface area contributed by atoms with E-state index in [0.29, 0.717) is 38.8 Å². The summed E-state index contributed by atoms with van der Waals surface area (Å²) in [6.45, 7) is 7.49. The predicted octanol–water partition coefficient (Wildman–Crippen LogP) is 2.62. The molecule has 1 fully saturated rings. The van der Waals surface area contributed by atoms with E-state index in [4.69, 9.17) is 9.47 Å². The molecule has 1 atom stereocenters. The second-order valence-electron chi connectivity index (χ2n) is 7.10. The first-order chi connectivity index (χ1) is 14.3. The number of hydrogen-bond acceptors (Lipinski definition) is 4. The number of nitrogens with zero attached hydrogens (tertiary/aromatic N) is 2. The highest BCUT2D eigenvalue weighted by Crippen LogP contribution is 2.18. The number of nitrogens with one attached hydrogen (secondary N) is 2. The maximum Gasteiger partial charge on any atom is 0.232 e. The minimum absolute atomic E-state index is 0. The topological polar surface area (TPSA) is 75.2 Å². The van der Waals surface area contributed by atoms with Gasteiger partial charge in [0.15, 0.2) is 5.96 Å². The molecule has 2 rings (SSSR count). The third kappa shape index (κ3) is 9.61. The van der Waals surface area contributed by atoms with Crippen molar-refractivity contribution in [2.75, 3.05) is 59.7 Å². The number of unbranched alkanes of at least 4 members (excludes halogenated alkanes) is 1. The van der Waals surface area contributed by atoms with Gasteiger partial charge in [-0.05, 0) is 18.4 Å². The Labute approximate surface area is 198 Å². The van der Waals surface area contributed by atoms with Crippen LogP contribution in [-0.2, 0) is 14.3 Å². The first-order valence-corrected chi connectivity index (χ1v) is 10.7. The van der Waals surface area contributed by atoms with Crippen LogP contribution in [0.15, 0.2) is 35.3 Å². The lowest BCUT2D eigenvalue weighted by atomic mass is 9.97. The number of carbonyl (C=O) groups is 1. The van der Waals surface area contributed by atoms with Gasteiger partial charge in [0, 0.05) is 46.4 Å². The first-order valence-electron chi connectivity index (χ1n) is 10.7. The molecule has 0 aromatic heterocycles. The van der Waals surface area contributed by atoms with Crippen molar-refractivity contribution in [1.82, 2.24) is 15.5 Å². The Morgan fingerprint density at radius 2 is 1.87 bits per heavy atom. The number of ether oxygens (including phenoxy) is 2. The van der Waals surface area contributed by atoms with Crippen molar-refractivity contribution in [3.63, 3.8) is 0 Å². The maximum atomic E-state index is 13.1. The van der Waals surface area contributed by atoms with E-state index in [0.717, 1.165) is 44.6 Å². The van der Waals surface area contributed by atoms with Crippen LogP contribution in [0.1, 0.15) is 37.7 Å². The van der Waals surface area contributed by atoms with E-state index in [1.165, 1.54) is 0 Å². The zero-order chi connectivity index (χ0) is 20.7. The van der Waals surface area contributed by atoms with Gasteiger partial charge < -0.3 is 25.0 Å². The molecule has 1 aromatic rings. The quantitative estimate of drug-likeness (QED) is 0.199. The summed E-state index contributed by atoms with van der Waals surface area (Å²) in [5.74, 6) is 0.575. The Balaban J connectivity index is 0.00000450.